The van der Waals surface area contributed by atoms with Crippen LogP contribution in [0.4, 0.5) is 0 Å². The molecule has 1 aromatic heterocycles. The Bertz CT molecular complexity index is 294. The maximum absolute atomic E-state index is 10.2. The van der Waals surface area contributed by atoms with E-state index in [9.17, 15) is 5.11 Å². The summed E-state index contributed by atoms with van der Waals surface area (Å²) in [4.78, 5) is 0. The lowest BCUT2D eigenvalue weighted by Gasteiger charge is -2.22. The standard InChI is InChI=1S/C12H21NO2/c1-8(2)6-10(7-13)12(14)11-4-5-15-9(11)3/h4-5,8,10,12,14H,6-7,13H2,1-3H3. The van der Waals surface area contributed by atoms with E-state index in [1.807, 2.05) is 13.0 Å². The van der Waals surface area contributed by atoms with Crippen LogP contribution in [0.2, 0.25) is 0 Å². The van der Waals surface area contributed by atoms with Gasteiger partial charge in [-0.25, -0.2) is 0 Å². The fourth-order valence-corrected chi connectivity index (χ4v) is 1.92. The first-order valence-electron chi connectivity index (χ1n) is 5.48. The van der Waals surface area contributed by atoms with Gasteiger partial charge in [-0.1, -0.05) is 13.8 Å². The van der Waals surface area contributed by atoms with Crippen molar-refractivity contribution < 1.29 is 9.52 Å². The molecule has 2 atom stereocenters. The molecule has 3 heteroatoms. The van der Waals surface area contributed by atoms with Crippen molar-refractivity contribution in [3.63, 3.8) is 0 Å². The number of aryl methyl sites for hydroxylation is 1. The van der Waals surface area contributed by atoms with Gasteiger partial charge in [0.25, 0.3) is 0 Å². The van der Waals surface area contributed by atoms with Crippen LogP contribution in [0.5, 0.6) is 0 Å². The second kappa shape index (κ2) is 5.33. The van der Waals surface area contributed by atoms with Crippen LogP contribution in [-0.2, 0) is 0 Å². The molecule has 0 aromatic carbocycles. The van der Waals surface area contributed by atoms with Crippen LogP contribution >= 0.6 is 0 Å². The second-order valence-electron chi connectivity index (χ2n) is 4.50. The summed E-state index contributed by atoms with van der Waals surface area (Å²) in [6.45, 7) is 6.64. The van der Waals surface area contributed by atoms with E-state index in [4.69, 9.17) is 10.2 Å². The highest BCUT2D eigenvalue weighted by molar-refractivity contribution is 5.19. The third-order valence-corrected chi connectivity index (χ3v) is 2.74. The molecule has 0 amide bonds. The summed E-state index contributed by atoms with van der Waals surface area (Å²) in [5, 5.41) is 10.2. The summed E-state index contributed by atoms with van der Waals surface area (Å²) in [5.41, 5.74) is 6.55. The normalized spacial score (nSPS) is 15.6. The van der Waals surface area contributed by atoms with Gasteiger partial charge in [-0.15, -0.1) is 0 Å². The van der Waals surface area contributed by atoms with Crippen molar-refractivity contribution in [2.75, 3.05) is 6.54 Å². The molecule has 0 spiro atoms. The average Bonchev–Trinajstić information content (AvgIpc) is 2.59. The third-order valence-electron chi connectivity index (χ3n) is 2.74. The molecule has 15 heavy (non-hydrogen) atoms. The van der Waals surface area contributed by atoms with Crippen molar-refractivity contribution in [3.8, 4) is 0 Å². The van der Waals surface area contributed by atoms with Gasteiger partial charge in [0, 0.05) is 11.5 Å². The zero-order valence-electron chi connectivity index (χ0n) is 9.73. The molecule has 1 heterocycles. The first-order valence-corrected chi connectivity index (χ1v) is 5.48. The van der Waals surface area contributed by atoms with E-state index in [0.29, 0.717) is 12.5 Å². The molecule has 0 saturated carbocycles. The quantitative estimate of drug-likeness (QED) is 0.785. The molecule has 3 nitrogen and oxygen atoms in total. The lowest BCUT2D eigenvalue weighted by Crippen LogP contribution is -2.23. The van der Waals surface area contributed by atoms with Gasteiger partial charge in [0.05, 0.1) is 12.4 Å². The number of furan rings is 1. The number of nitrogens with two attached hydrogens (primary N) is 1. The van der Waals surface area contributed by atoms with Crippen molar-refractivity contribution >= 4 is 0 Å². The minimum Gasteiger partial charge on any atom is -0.469 e. The highest BCUT2D eigenvalue weighted by Crippen LogP contribution is 2.29. The monoisotopic (exact) mass is 211 g/mol. The van der Waals surface area contributed by atoms with Crippen LogP contribution < -0.4 is 5.73 Å². The SMILES string of the molecule is Cc1occc1C(O)C(CN)CC(C)C. The molecule has 1 aromatic rings. The Morgan fingerprint density at radius 3 is 2.53 bits per heavy atom. The third kappa shape index (κ3) is 3.08. The summed E-state index contributed by atoms with van der Waals surface area (Å²) >= 11 is 0. The number of rotatable bonds is 5. The minimum atomic E-state index is -0.504. The van der Waals surface area contributed by atoms with E-state index in [0.717, 1.165) is 17.7 Å². The fraction of sp³-hybridized carbons (Fsp3) is 0.667. The van der Waals surface area contributed by atoms with Crippen LogP contribution in [-0.4, -0.2) is 11.7 Å². The van der Waals surface area contributed by atoms with E-state index in [2.05, 4.69) is 13.8 Å². The molecule has 1 rings (SSSR count). The first-order chi connectivity index (χ1) is 7.06. The number of aliphatic hydroxyl groups excluding tert-OH is 1. The highest BCUT2D eigenvalue weighted by Gasteiger charge is 2.23. The Morgan fingerprint density at radius 2 is 2.13 bits per heavy atom. The summed E-state index contributed by atoms with van der Waals surface area (Å²) in [5.74, 6) is 1.44. The lowest BCUT2D eigenvalue weighted by atomic mass is 9.88. The molecule has 0 aliphatic carbocycles. The van der Waals surface area contributed by atoms with Crippen LogP contribution in [0, 0.1) is 18.8 Å². The molecule has 0 aliphatic heterocycles. The molecule has 0 aliphatic rings. The Kier molecular flexibility index (Phi) is 4.36. The fourth-order valence-electron chi connectivity index (χ4n) is 1.92. The lowest BCUT2D eigenvalue weighted by molar-refractivity contribution is 0.0980. The minimum absolute atomic E-state index is 0.112. The Hall–Kier alpha value is -0.800. The topological polar surface area (TPSA) is 59.4 Å². The molecule has 0 fully saturated rings. The summed E-state index contributed by atoms with van der Waals surface area (Å²) in [7, 11) is 0. The zero-order chi connectivity index (χ0) is 11.4. The van der Waals surface area contributed by atoms with Crippen molar-refractivity contribution in [1.29, 1.82) is 0 Å². The average molecular weight is 211 g/mol. The van der Waals surface area contributed by atoms with Gasteiger partial charge in [0.15, 0.2) is 0 Å². The van der Waals surface area contributed by atoms with Gasteiger partial charge in [0.2, 0.25) is 0 Å². The molecule has 0 saturated heterocycles. The first kappa shape index (κ1) is 12.3. The second-order valence-corrected chi connectivity index (χ2v) is 4.50. The number of aliphatic hydroxyl groups is 1. The molecular weight excluding hydrogens is 190 g/mol. The van der Waals surface area contributed by atoms with Crippen LogP contribution in [0.15, 0.2) is 16.7 Å². The predicted molar refractivity (Wildman–Crippen MR) is 60.4 cm³/mol. The van der Waals surface area contributed by atoms with Gasteiger partial charge >= 0.3 is 0 Å². The van der Waals surface area contributed by atoms with Gasteiger partial charge in [0.1, 0.15) is 5.76 Å². The highest BCUT2D eigenvalue weighted by atomic mass is 16.3. The van der Waals surface area contributed by atoms with E-state index in [-0.39, 0.29) is 5.92 Å². The zero-order valence-corrected chi connectivity index (χ0v) is 9.73. The van der Waals surface area contributed by atoms with Crippen LogP contribution in [0.1, 0.15) is 37.7 Å². The largest absolute Gasteiger partial charge is 0.469 e. The van der Waals surface area contributed by atoms with Crippen molar-refractivity contribution in [3.05, 3.63) is 23.7 Å². The Morgan fingerprint density at radius 1 is 1.47 bits per heavy atom. The molecule has 0 bridgehead atoms. The maximum Gasteiger partial charge on any atom is 0.106 e. The molecule has 0 radical (unpaired) electrons. The van der Waals surface area contributed by atoms with E-state index in [1.54, 1.807) is 6.26 Å². The van der Waals surface area contributed by atoms with Crippen molar-refractivity contribution in [1.82, 2.24) is 0 Å². The van der Waals surface area contributed by atoms with Gasteiger partial charge in [-0.2, -0.15) is 0 Å². The predicted octanol–water partition coefficient (Wildman–Crippen LogP) is 2.24. The molecule has 2 unspecified atom stereocenters. The van der Waals surface area contributed by atoms with Crippen LogP contribution in [0.3, 0.4) is 0 Å². The Balaban J connectivity index is 2.73. The van der Waals surface area contributed by atoms with Crippen molar-refractivity contribution in [2.24, 2.45) is 17.6 Å². The molecule has 3 N–H and O–H groups in total. The maximum atomic E-state index is 10.2. The van der Waals surface area contributed by atoms with Crippen LogP contribution in [0.25, 0.3) is 0 Å². The summed E-state index contributed by atoms with van der Waals surface area (Å²) < 4.78 is 5.18. The van der Waals surface area contributed by atoms with E-state index >= 15 is 0 Å². The molecule has 86 valence electrons. The number of hydrogen-bond donors (Lipinski definition) is 2. The van der Waals surface area contributed by atoms with Gasteiger partial charge in [-0.05, 0) is 31.9 Å². The van der Waals surface area contributed by atoms with E-state index < -0.39 is 6.10 Å². The number of hydrogen-bond acceptors (Lipinski definition) is 3. The van der Waals surface area contributed by atoms with Gasteiger partial charge < -0.3 is 15.3 Å². The van der Waals surface area contributed by atoms with Gasteiger partial charge in [-0.3, -0.25) is 0 Å². The Labute approximate surface area is 91.3 Å². The summed E-state index contributed by atoms with van der Waals surface area (Å²) in [6.07, 6.45) is 2.04. The smallest absolute Gasteiger partial charge is 0.106 e. The van der Waals surface area contributed by atoms with E-state index in [1.165, 1.54) is 0 Å². The molecular formula is C12H21NO2. The van der Waals surface area contributed by atoms with Crippen molar-refractivity contribution in [2.45, 2.75) is 33.3 Å². The summed E-state index contributed by atoms with van der Waals surface area (Å²) in [6, 6.07) is 1.82.